The first-order chi connectivity index (χ1) is 16.4. The van der Waals surface area contributed by atoms with Crippen LogP contribution in [0.4, 0.5) is 0 Å². The van der Waals surface area contributed by atoms with E-state index in [2.05, 4.69) is 0 Å². The fourth-order valence-electron chi connectivity index (χ4n) is 5.10. The Morgan fingerprint density at radius 1 is 1.09 bits per heavy atom. The molecule has 4 atom stereocenters. The Labute approximate surface area is 197 Å². The maximum absolute atomic E-state index is 12.8. The Hall–Kier alpha value is -3.61. The number of cyclic esters (lactones) is 1. The van der Waals surface area contributed by atoms with Crippen LogP contribution < -0.4 is 9.47 Å². The van der Waals surface area contributed by atoms with E-state index in [9.17, 15) is 14.4 Å². The van der Waals surface area contributed by atoms with Crippen molar-refractivity contribution < 1.29 is 33.3 Å². The van der Waals surface area contributed by atoms with E-state index in [1.54, 1.807) is 32.1 Å². The summed E-state index contributed by atoms with van der Waals surface area (Å²) in [6, 6.07) is 13.0. The van der Waals surface area contributed by atoms with Gasteiger partial charge in [-0.3, -0.25) is 4.79 Å². The van der Waals surface area contributed by atoms with Crippen LogP contribution in [0.3, 0.4) is 0 Å². The molecule has 0 saturated heterocycles. The molecule has 1 aliphatic carbocycles. The Bertz CT molecular complexity index is 1180. The number of carbonyl (C=O) groups is 3. The highest BCUT2D eigenvalue weighted by Gasteiger charge is 2.43. The molecule has 0 N–H and O–H groups in total. The van der Waals surface area contributed by atoms with E-state index in [1.807, 2.05) is 30.3 Å². The van der Waals surface area contributed by atoms with Crippen LogP contribution >= 0.6 is 0 Å². The molecule has 176 valence electrons. The number of fused-ring (bicyclic) bond motifs is 2. The largest absolute Gasteiger partial charge is 0.489 e. The number of benzene rings is 2. The van der Waals surface area contributed by atoms with Gasteiger partial charge in [0.15, 0.2) is 0 Å². The molecule has 7 nitrogen and oxygen atoms in total. The molecule has 0 radical (unpaired) electrons. The normalized spacial score (nSPS) is 25.4. The van der Waals surface area contributed by atoms with Crippen LogP contribution in [0.25, 0.3) is 0 Å². The van der Waals surface area contributed by atoms with Gasteiger partial charge in [0.1, 0.15) is 23.4 Å². The Morgan fingerprint density at radius 3 is 2.68 bits per heavy atom. The molecule has 0 bridgehead atoms. The summed E-state index contributed by atoms with van der Waals surface area (Å²) in [4.78, 5) is 36.7. The highest BCUT2D eigenvalue weighted by molar-refractivity contribution is 5.92. The summed E-state index contributed by atoms with van der Waals surface area (Å²) >= 11 is 0. The Kier molecular flexibility index (Phi) is 5.86. The summed E-state index contributed by atoms with van der Waals surface area (Å²) in [7, 11) is 0. The van der Waals surface area contributed by atoms with Crippen molar-refractivity contribution in [3.05, 3.63) is 70.8 Å². The molecule has 1 saturated carbocycles. The highest BCUT2D eigenvalue weighted by atomic mass is 16.7. The molecule has 7 heteroatoms. The molecule has 2 heterocycles. The van der Waals surface area contributed by atoms with Gasteiger partial charge in [0.25, 0.3) is 6.29 Å². The van der Waals surface area contributed by atoms with Crippen molar-refractivity contribution in [2.45, 2.75) is 51.4 Å². The Morgan fingerprint density at radius 2 is 1.91 bits per heavy atom. The van der Waals surface area contributed by atoms with Crippen LogP contribution in [0, 0.1) is 5.92 Å². The van der Waals surface area contributed by atoms with E-state index >= 15 is 0 Å². The molecule has 0 spiro atoms. The minimum atomic E-state index is -0.793. The van der Waals surface area contributed by atoms with Gasteiger partial charge in [-0.2, -0.15) is 0 Å². The minimum absolute atomic E-state index is 0.0499. The molecular weight excluding hydrogens is 436 g/mol. The predicted molar refractivity (Wildman–Crippen MR) is 122 cm³/mol. The highest BCUT2D eigenvalue weighted by Crippen LogP contribution is 2.50. The van der Waals surface area contributed by atoms with Crippen molar-refractivity contribution in [1.82, 2.24) is 0 Å². The lowest BCUT2D eigenvalue weighted by Crippen LogP contribution is -2.41. The topological polar surface area (TPSA) is 88.1 Å². The molecule has 0 aromatic heterocycles. The van der Waals surface area contributed by atoms with Crippen molar-refractivity contribution in [3.63, 3.8) is 0 Å². The smallest absolute Gasteiger partial charge is 0.338 e. The molecule has 5 rings (SSSR count). The first-order valence-electron chi connectivity index (χ1n) is 11.6. The monoisotopic (exact) mass is 462 g/mol. The summed E-state index contributed by atoms with van der Waals surface area (Å²) < 4.78 is 22.7. The number of hydrogen-bond donors (Lipinski definition) is 0. The summed E-state index contributed by atoms with van der Waals surface area (Å²) in [5.41, 5.74) is 2.82. The quantitative estimate of drug-likeness (QED) is 0.611. The zero-order valence-electron chi connectivity index (χ0n) is 19.1. The molecule has 0 amide bonds. The zero-order valence-corrected chi connectivity index (χ0v) is 19.1. The summed E-state index contributed by atoms with van der Waals surface area (Å²) in [6.07, 6.45) is 2.05. The second-order valence-corrected chi connectivity index (χ2v) is 8.83. The fraction of sp³-hybridized carbons (Fsp3) is 0.370. The SMILES string of the molecule is CCOC(=O)c1ccccc1C1c2ccc(OC3C=C(C)C(=O)O3)cc2OC2CC(=O)CCC21. The van der Waals surface area contributed by atoms with E-state index in [4.69, 9.17) is 18.9 Å². The average molecular weight is 462 g/mol. The number of ketones is 1. The lowest BCUT2D eigenvalue weighted by molar-refractivity contribution is -0.148. The van der Waals surface area contributed by atoms with Crippen LogP contribution in [0.15, 0.2) is 54.1 Å². The molecule has 1 fully saturated rings. The first kappa shape index (κ1) is 22.2. The fourth-order valence-corrected chi connectivity index (χ4v) is 5.10. The van der Waals surface area contributed by atoms with Gasteiger partial charge in [0.05, 0.1) is 12.2 Å². The summed E-state index contributed by atoms with van der Waals surface area (Å²) in [5, 5.41) is 0. The molecular formula is C27H26O7. The molecule has 3 aliphatic rings. The van der Waals surface area contributed by atoms with Crippen LogP contribution in [-0.4, -0.2) is 36.7 Å². The number of Topliss-reactive ketones (excluding diaryl/α,β-unsaturated/α-hetero) is 1. The van der Waals surface area contributed by atoms with E-state index in [1.165, 1.54) is 0 Å². The van der Waals surface area contributed by atoms with Gasteiger partial charge in [-0.1, -0.05) is 24.3 Å². The van der Waals surface area contributed by atoms with Gasteiger partial charge in [-0.25, -0.2) is 9.59 Å². The first-order valence-corrected chi connectivity index (χ1v) is 11.6. The van der Waals surface area contributed by atoms with E-state index in [0.717, 1.165) is 11.1 Å². The molecule has 2 aromatic rings. The number of ether oxygens (including phenoxy) is 4. The maximum Gasteiger partial charge on any atom is 0.338 e. The van der Waals surface area contributed by atoms with Crippen molar-refractivity contribution in [2.24, 2.45) is 5.92 Å². The zero-order chi connectivity index (χ0) is 23.8. The standard InChI is InChI=1S/C27H26O7/c1-3-31-27(30)19-7-5-4-6-18(19)25-20-10-8-16(28)13-22(20)33-23-14-17(9-11-21(23)25)32-24-12-15(2)26(29)34-24/h4-7,9,11-12,14,20,22,24-25H,3,8,10,13H2,1-2H3. The van der Waals surface area contributed by atoms with Gasteiger partial charge in [0, 0.05) is 48.0 Å². The predicted octanol–water partition coefficient (Wildman–Crippen LogP) is 4.33. The minimum Gasteiger partial charge on any atom is -0.489 e. The van der Waals surface area contributed by atoms with Crippen molar-refractivity contribution in [2.75, 3.05) is 6.61 Å². The van der Waals surface area contributed by atoms with Crippen molar-refractivity contribution in [3.8, 4) is 11.5 Å². The molecule has 34 heavy (non-hydrogen) atoms. The van der Waals surface area contributed by atoms with Gasteiger partial charge in [0.2, 0.25) is 0 Å². The third-order valence-electron chi connectivity index (χ3n) is 6.66. The lowest BCUT2D eigenvalue weighted by atomic mass is 9.69. The number of hydrogen-bond acceptors (Lipinski definition) is 7. The number of rotatable bonds is 5. The second-order valence-electron chi connectivity index (χ2n) is 8.83. The maximum atomic E-state index is 12.8. The van der Waals surface area contributed by atoms with Crippen LogP contribution in [0.5, 0.6) is 11.5 Å². The van der Waals surface area contributed by atoms with E-state index in [0.29, 0.717) is 48.5 Å². The van der Waals surface area contributed by atoms with Crippen molar-refractivity contribution in [1.29, 1.82) is 0 Å². The van der Waals surface area contributed by atoms with Gasteiger partial charge >= 0.3 is 11.9 Å². The molecule has 2 aromatic carbocycles. The third-order valence-corrected chi connectivity index (χ3v) is 6.66. The van der Waals surface area contributed by atoms with Crippen LogP contribution in [0.2, 0.25) is 0 Å². The molecule has 2 aliphatic heterocycles. The number of carbonyl (C=O) groups excluding carboxylic acids is 3. The van der Waals surface area contributed by atoms with E-state index in [-0.39, 0.29) is 29.7 Å². The third kappa shape index (κ3) is 4.06. The van der Waals surface area contributed by atoms with E-state index < -0.39 is 12.3 Å². The van der Waals surface area contributed by atoms with Crippen LogP contribution in [0.1, 0.15) is 60.5 Å². The lowest BCUT2D eigenvalue weighted by Gasteiger charge is -2.42. The Balaban J connectivity index is 1.54. The van der Waals surface area contributed by atoms with Crippen LogP contribution in [-0.2, 0) is 19.1 Å². The summed E-state index contributed by atoms with van der Waals surface area (Å²) in [6.45, 7) is 3.75. The molecule has 4 unspecified atom stereocenters. The average Bonchev–Trinajstić information content (AvgIpc) is 3.13. The van der Waals surface area contributed by atoms with Crippen molar-refractivity contribution >= 4 is 17.7 Å². The number of esters is 2. The van der Waals surface area contributed by atoms with Gasteiger partial charge in [-0.05, 0) is 38.0 Å². The van der Waals surface area contributed by atoms with Gasteiger partial charge < -0.3 is 18.9 Å². The second kappa shape index (κ2) is 8.97. The summed E-state index contributed by atoms with van der Waals surface area (Å²) in [5.74, 6) is 0.408. The van der Waals surface area contributed by atoms with Gasteiger partial charge in [-0.15, -0.1) is 0 Å².